The Balaban J connectivity index is 1.60. The number of carbonyl (C=O) groups excluding carboxylic acids is 4. The standard InChI is InChI=1S/C28H41ClN6O8S2/c1-8-9-15-13-28(15,22(38)34-45(40,41)17-10-11-17)32-20(36)18-12-16(42-24-31-23(29)44-33-24)14-35(18)21(37)19(26(2,3)4)30-25(39)43-27(5,6)7/h8,15-19H,1,9-14H2,2-7H3,(H,30,39)(H,32,36)(H,34,38)/t15?,16-,18+,19-,28-/m1/s1. The van der Waals surface area contributed by atoms with Crippen LogP contribution in [0.3, 0.4) is 0 Å². The van der Waals surface area contributed by atoms with Crippen LogP contribution in [0.4, 0.5) is 4.79 Å². The van der Waals surface area contributed by atoms with Gasteiger partial charge in [0.25, 0.3) is 5.91 Å². The first-order chi connectivity index (χ1) is 20.8. The number of amides is 4. The number of aromatic nitrogens is 2. The predicted octanol–water partition coefficient (Wildman–Crippen LogP) is 2.54. The van der Waals surface area contributed by atoms with Crippen LogP contribution in [0.25, 0.3) is 0 Å². The minimum Gasteiger partial charge on any atom is -0.458 e. The lowest BCUT2D eigenvalue weighted by atomic mass is 9.85. The van der Waals surface area contributed by atoms with E-state index in [1.807, 2.05) is 0 Å². The normalized spacial score (nSPS) is 25.6. The average Bonchev–Trinajstić information content (AvgIpc) is 3.79. The molecule has 14 nitrogen and oxygen atoms in total. The molecule has 5 atom stereocenters. The molecule has 3 aliphatic rings. The summed E-state index contributed by atoms with van der Waals surface area (Å²) in [7, 11) is -3.88. The van der Waals surface area contributed by atoms with Crippen molar-refractivity contribution in [1.82, 2.24) is 29.6 Å². The van der Waals surface area contributed by atoms with Crippen molar-refractivity contribution < 1.29 is 37.1 Å². The number of nitrogens with one attached hydrogen (secondary N) is 3. The van der Waals surface area contributed by atoms with Gasteiger partial charge in [-0.3, -0.25) is 19.1 Å². The van der Waals surface area contributed by atoms with Crippen molar-refractivity contribution >= 4 is 57.0 Å². The summed E-state index contributed by atoms with van der Waals surface area (Å²) < 4.78 is 42.8. The Kier molecular flexibility index (Phi) is 9.82. The van der Waals surface area contributed by atoms with Crippen LogP contribution in [-0.4, -0.2) is 87.6 Å². The van der Waals surface area contributed by atoms with Crippen molar-refractivity contribution in [2.24, 2.45) is 11.3 Å². The summed E-state index contributed by atoms with van der Waals surface area (Å²) in [5.41, 5.74) is -3.12. The van der Waals surface area contributed by atoms with E-state index in [1.165, 1.54) is 4.90 Å². The minimum atomic E-state index is -3.88. The van der Waals surface area contributed by atoms with Gasteiger partial charge in [-0.25, -0.2) is 13.2 Å². The van der Waals surface area contributed by atoms with E-state index >= 15 is 0 Å². The number of alkyl carbamates (subject to hydrolysis) is 1. The second-order valence-electron chi connectivity index (χ2n) is 13.8. The Hall–Kier alpha value is -2.98. The Bertz CT molecular complexity index is 1450. The van der Waals surface area contributed by atoms with E-state index in [0.717, 1.165) is 11.5 Å². The third-order valence-electron chi connectivity index (χ3n) is 7.78. The lowest BCUT2D eigenvalue weighted by Crippen LogP contribution is -2.60. The lowest BCUT2D eigenvalue weighted by Gasteiger charge is -2.36. The van der Waals surface area contributed by atoms with Crippen LogP contribution in [-0.2, 0) is 29.1 Å². The molecule has 45 heavy (non-hydrogen) atoms. The molecule has 0 bridgehead atoms. The van der Waals surface area contributed by atoms with Gasteiger partial charge in [-0.15, -0.1) is 11.0 Å². The molecule has 1 aromatic heterocycles. The number of ether oxygens (including phenoxy) is 2. The number of halogens is 1. The van der Waals surface area contributed by atoms with Gasteiger partial charge in [-0.1, -0.05) is 26.8 Å². The molecule has 4 amide bonds. The molecule has 3 fully saturated rings. The number of rotatable bonds is 11. The lowest BCUT2D eigenvalue weighted by molar-refractivity contribution is -0.143. The third-order valence-corrected chi connectivity index (χ3v) is 10.4. The van der Waals surface area contributed by atoms with Gasteiger partial charge in [-0.2, -0.15) is 4.98 Å². The van der Waals surface area contributed by atoms with Crippen molar-refractivity contribution in [3.05, 3.63) is 17.1 Å². The predicted molar refractivity (Wildman–Crippen MR) is 166 cm³/mol. The third kappa shape index (κ3) is 8.44. The molecule has 3 N–H and O–H groups in total. The van der Waals surface area contributed by atoms with E-state index in [4.69, 9.17) is 21.1 Å². The molecule has 1 saturated heterocycles. The maximum absolute atomic E-state index is 14.2. The van der Waals surface area contributed by atoms with Gasteiger partial charge in [0.15, 0.2) is 0 Å². The van der Waals surface area contributed by atoms with Crippen molar-refractivity contribution in [2.75, 3.05) is 6.54 Å². The molecule has 2 aliphatic carbocycles. The molecule has 0 aromatic carbocycles. The Morgan fingerprint density at radius 2 is 1.87 bits per heavy atom. The van der Waals surface area contributed by atoms with E-state index in [2.05, 4.69) is 31.3 Å². The van der Waals surface area contributed by atoms with Crippen molar-refractivity contribution in [3.63, 3.8) is 0 Å². The number of hydrogen-bond donors (Lipinski definition) is 3. The van der Waals surface area contributed by atoms with Crippen LogP contribution in [0, 0.1) is 11.3 Å². The summed E-state index contributed by atoms with van der Waals surface area (Å²) in [6.45, 7) is 14.0. The number of allylic oxidation sites excluding steroid dienone is 1. The molecule has 0 spiro atoms. The first kappa shape index (κ1) is 34.9. The number of likely N-dealkylation sites (tertiary alicyclic amines) is 1. The summed E-state index contributed by atoms with van der Waals surface area (Å²) in [6, 6.07) is -2.27. The van der Waals surface area contributed by atoms with Crippen LogP contribution in [0.1, 0.15) is 73.6 Å². The van der Waals surface area contributed by atoms with Crippen LogP contribution in [0.2, 0.25) is 4.47 Å². The van der Waals surface area contributed by atoms with E-state index in [9.17, 15) is 27.6 Å². The van der Waals surface area contributed by atoms with Crippen LogP contribution in [0.5, 0.6) is 6.01 Å². The SMILES string of the molecule is C=CCC1C[C@]1(NC(=O)[C@@H]1C[C@@H](Oc2nsc(Cl)n2)CN1C(=O)[C@@H](NC(=O)OC(C)(C)C)C(C)(C)C)C(=O)NS(=O)(=O)C1CC1. The van der Waals surface area contributed by atoms with Crippen molar-refractivity contribution in [2.45, 2.75) is 108 Å². The number of carbonyl (C=O) groups is 4. The maximum Gasteiger partial charge on any atom is 0.408 e. The summed E-state index contributed by atoms with van der Waals surface area (Å²) in [5, 5.41) is 4.80. The zero-order chi connectivity index (χ0) is 33.5. The molecule has 17 heteroatoms. The van der Waals surface area contributed by atoms with Gasteiger partial charge in [0.2, 0.25) is 26.3 Å². The van der Waals surface area contributed by atoms with Gasteiger partial charge in [0.1, 0.15) is 29.3 Å². The molecule has 4 rings (SSSR count). The van der Waals surface area contributed by atoms with Gasteiger partial charge in [-0.05, 0) is 69.4 Å². The van der Waals surface area contributed by atoms with Crippen molar-refractivity contribution in [3.8, 4) is 6.01 Å². The van der Waals surface area contributed by atoms with Gasteiger partial charge in [0.05, 0.1) is 11.8 Å². The second kappa shape index (κ2) is 12.7. The Morgan fingerprint density at radius 1 is 1.20 bits per heavy atom. The summed E-state index contributed by atoms with van der Waals surface area (Å²) in [4.78, 5) is 59.6. The fraction of sp³-hybridized carbons (Fsp3) is 0.714. The van der Waals surface area contributed by atoms with Crippen LogP contribution in [0.15, 0.2) is 12.7 Å². The molecule has 1 unspecified atom stereocenters. The summed E-state index contributed by atoms with van der Waals surface area (Å²) in [6.07, 6.45) is 1.54. The van der Waals surface area contributed by atoms with Gasteiger partial charge < -0.3 is 25.0 Å². The number of sulfonamides is 1. The summed E-state index contributed by atoms with van der Waals surface area (Å²) in [5.74, 6) is -2.45. The second-order valence-corrected chi connectivity index (χ2v) is 17.1. The molecule has 2 heterocycles. The molecule has 1 aromatic rings. The zero-order valence-electron chi connectivity index (χ0n) is 26.2. The fourth-order valence-corrected chi connectivity index (χ4v) is 7.19. The van der Waals surface area contributed by atoms with E-state index in [1.54, 1.807) is 47.6 Å². The first-order valence-electron chi connectivity index (χ1n) is 14.7. The fourth-order valence-electron chi connectivity index (χ4n) is 5.29. The maximum atomic E-state index is 14.2. The minimum absolute atomic E-state index is 0.00188. The average molecular weight is 689 g/mol. The highest BCUT2D eigenvalue weighted by atomic mass is 35.5. The highest BCUT2D eigenvalue weighted by Gasteiger charge is 2.62. The monoisotopic (exact) mass is 688 g/mol. The molecular formula is C28H41ClN6O8S2. The molecule has 250 valence electrons. The van der Waals surface area contributed by atoms with E-state index < -0.39 is 73.8 Å². The summed E-state index contributed by atoms with van der Waals surface area (Å²) >= 11 is 6.82. The van der Waals surface area contributed by atoms with E-state index in [0.29, 0.717) is 19.3 Å². The van der Waals surface area contributed by atoms with E-state index in [-0.39, 0.29) is 35.8 Å². The Morgan fingerprint density at radius 3 is 2.40 bits per heavy atom. The van der Waals surface area contributed by atoms with Gasteiger partial charge >= 0.3 is 12.1 Å². The van der Waals surface area contributed by atoms with Crippen LogP contribution < -0.4 is 20.1 Å². The molecular weight excluding hydrogens is 648 g/mol. The zero-order valence-corrected chi connectivity index (χ0v) is 28.6. The van der Waals surface area contributed by atoms with Crippen LogP contribution >= 0.6 is 23.1 Å². The molecule has 1 aliphatic heterocycles. The first-order valence-corrected chi connectivity index (χ1v) is 17.4. The largest absolute Gasteiger partial charge is 0.458 e. The Labute approximate surface area is 272 Å². The van der Waals surface area contributed by atoms with Crippen molar-refractivity contribution in [1.29, 1.82) is 0 Å². The topological polar surface area (TPSA) is 186 Å². The highest BCUT2D eigenvalue weighted by Crippen LogP contribution is 2.47. The molecule has 0 radical (unpaired) electrons. The smallest absolute Gasteiger partial charge is 0.408 e. The van der Waals surface area contributed by atoms with Gasteiger partial charge in [0, 0.05) is 18.0 Å². The molecule has 2 saturated carbocycles. The number of nitrogens with zero attached hydrogens (tertiary/aromatic N) is 3. The quantitative estimate of drug-likeness (QED) is 0.292. The highest BCUT2D eigenvalue weighted by molar-refractivity contribution is 7.91. The number of hydrogen-bond acceptors (Lipinski definition) is 11.